The number of nitrogens with zero attached hydrogens (tertiary/aromatic N) is 1. The minimum atomic E-state index is -0.945. The molecule has 0 aliphatic rings. The molecule has 3 aromatic rings. The van der Waals surface area contributed by atoms with Crippen LogP contribution in [-0.2, 0) is 0 Å². The summed E-state index contributed by atoms with van der Waals surface area (Å²) < 4.78 is 7.48. The molecule has 1 N–H and O–H groups in total. The Kier molecular flexibility index (Phi) is 3.42. The summed E-state index contributed by atoms with van der Waals surface area (Å²) in [5, 5.41) is 9.80. The highest BCUT2D eigenvalue weighted by molar-refractivity contribution is 9.10. The lowest BCUT2D eigenvalue weighted by Crippen LogP contribution is -1.89. The molecule has 0 aliphatic heterocycles. The second kappa shape index (κ2) is 5.22. The molecule has 0 saturated heterocycles. The number of aromatic nitrogens is 1. The van der Waals surface area contributed by atoms with E-state index in [-0.39, 0.29) is 4.88 Å². The maximum absolute atomic E-state index is 11.0. The molecule has 0 atom stereocenters. The van der Waals surface area contributed by atoms with Crippen LogP contribution < -0.4 is 4.74 Å². The first-order chi connectivity index (χ1) is 9.63. The van der Waals surface area contributed by atoms with E-state index in [2.05, 4.69) is 20.9 Å². The van der Waals surface area contributed by atoms with Crippen LogP contribution in [0.1, 0.15) is 9.67 Å². The Morgan fingerprint density at radius 1 is 1.30 bits per heavy atom. The number of carboxylic acids is 1. The van der Waals surface area contributed by atoms with Gasteiger partial charge in [-0.05, 0) is 24.3 Å². The number of rotatable bonds is 3. The third kappa shape index (κ3) is 2.52. The zero-order valence-electron chi connectivity index (χ0n) is 10.0. The Bertz CT molecular complexity index is 800. The number of carboxylic acid groups (broad SMARTS) is 1. The summed E-state index contributed by atoms with van der Waals surface area (Å²) in [6.07, 6.45) is 3.22. The van der Waals surface area contributed by atoms with Gasteiger partial charge in [0.2, 0.25) is 0 Å². The van der Waals surface area contributed by atoms with Crippen LogP contribution in [0.2, 0.25) is 0 Å². The largest absolute Gasteiger partial charge is 0.477 e. The lowest BCUT2D eigenvalue weighted by Gasteiger charge is -2.06. The predicted octanol–water partition coefficient (Wildman–Crippen LogP) is 4.55. The van der Waals surface area contributed by atoms with Gasteiger partial charge in [-0.1, -0.05) is 22.0 Å². The van der Waals surface area contributed by atoms with Crippen LogP contribution in [0.4, 0.5) is 0 Å². The number of benzene rings is 1. The minimum Gasteiger partial charge on any atom is -0.477 e. The van der Waals surface area contributed by atoms with Crippen molar-refractivity contribution in [3.63, 3.8) is 0 Å². The summed E-state index contributed by atoms with van der Waals surface area (Å²) in [5.41, 5.74) is 0. The summed E-state index contributed by atoms with van der Waals surface area (Å²) in [7, 11) is 0. The normalized spacial score (nSPS) is 10.7. The van der Waals surface area contributed by atoms with Crippen LogP contribution in [0.15, 0.2) is 47.2 Å². The number of hydrogen-bond acceptors (Lipinski definition) is 4. The quantitative estimate of drug-likeness (QED) is 0.753. The van der Waals surface area contributed by atoms with Crippen molar-refractivity contribution in [3.05, 3.63) is 52.1 Å². The number of hydrogen-bond donors (Lipinski definition) is 1. The maximum Gasteiger partial charge on any atom is 0.345 e. The third-order valence-electron chi connectivity index (χ3n) is 2.64. The highest BCUT2D eigenvalue weighted by Crippen LogP contribution is 2.34. The first-order valence-corrected chi connectivity index (χ1v) is 7.29. The van der Waals surface area contributed by atoms with Gasteiger partial charge in [-0.15, -0.1) is 11.3 Å². The zero-order chi connectivity index (χ0) is 14.1. The van der Waals surface area contributed by atoms with Crippen molar-refractivity contribution in [1.29, 1.82) is 0 Å². The lowest BCUT2D eigenvalue weighted by atomic mass is 10.3. The molecule has 20 heavy (non-hydrogen) atoms. The van der Waals surface area contributed by atoms with Gasteiger partial charge in [-0.25, -0.2) is 4.79 Å². The van der Waals surface area contributed by atoms with Gasteiger partial charge in [0.1, 0.15) is 10.6 Å². The van der Waals surface area contributed by atoms with Gasteiger partial charge in [-0.3, -0.25) is 4.98 Å². The van der Waals surface area contributed by atoms with E-state index in [4.69, 9.17) is 9.84 Å². The van der Waals surface area contributed by atoms with E-state index < -0.39 is 5.97 Å². The summed E-state index contributed by atoms with van der Waals surface area (Å²) in [6.45, 7) is 0. The molecule has 0 spiro atoms. The molecule has 2 heterocycles. The van der Waals surface area contributed by atoms with Crippen LogP contribution in [0, 0.1) is 0 Å². The highest BCUT2D eigenvalue weighted by Gasteiger charge is 2.12. The number of halogens is 1. The standard InChI is InChI=1S/C14H8BrNO3S/c15-8-2-1-3-9(4-8)19-11-6-16-7-13-10(11)5-12(20-13)14(17)18/h1-7H,(H,17,18). The maximum atomic E-state index is 11.0. The SMILES string of the molecule is O=C(O)c1cc2c(Oc3cccc(Br)c3)cncc2s1. The van der Waals surface area contributed by atoms with Crippen LogP contribution in [-0.4, -0.2) is 16.1 Å². The topological polar surface area (TPSA) is 59.4 Å². The van der Waals surface area contributed by atoms with Crippen molar-refractivity contribution >= 4 is 43.3 Å². The summed E-state index contributed by atoms with van der Waals surface area (Å²) in [6, 6.07) is 9.04. The van der Waals surface area contributed by atoms with Crippen molar-refractivity contribution in [1.82, 2.24) is 4.98 Å². The average Bonchev–Trinajstić information content (AvgIpc) is 2.84. The summed E-state index contributed by atoms with van der Waals surface area (Å²) in [5.74, 6) is 0.265. The molecular weight excluding hydrogens is 342 g/mol. The highest BCUT2D eigenvalue weighted by atomic mass is 79.9. The number of aromatic carboxylic acids is 1. The molecule has 0 bridgehead atoms. The molecular formula is C14H8BrNO3S. The molecule has 6 heteroatoms. The van der Waals surface area contributed by atoms with Crippen molar-refractivity contribution in [2.24, 2.45) is 0 Å². The van der Waals surface area contributed by atoms with E-state index in [9.17, 15) is 4.79 Å². The molecule has 3 rings (SSSR count). The van der Waals surface area contributed by atoms with Crippen LogP contribution in [0.25, 0.3) is 10.1 Å². The third-order valence-corrected chi connectivity index (χ3v) is 4.20. The Morgan fingerprint density at radius 3 is 2.90 bits per heavy atom. The molecule has 2 aromatic heterocycles. The fourth-order valence-corrected chi connectivity index (χ4v) is 3.04. The van der Waals surface area contributed by atoms with Crippen LogP contribution in [0.5, 0.6) is 11.5 Å². The minimum absolute atomic E-state index is 0.270. The van der Waals surface area contributed by atoms with Gasteiger partial charge in [0, 0.05) is 16.1 Å². The second-order valence-corrected chi connectivity index (χ2v) is 6.02. The van der Waals surface area contributed by atoms with Gasteiger partial charge in [-0.2, -0.15) is 0 Å². The molecule has 0 radical (unpaired) electrons. The van der Waals surface area contributed by atoms with Gasteiger partial charge in [0.05, 0.1) is 10.9 Å². The van der Waals surface area contributed by atoms with Crippen LogP contribution >= 0.6 is 27.3 Å². The first-order valence-electron chi connectivity index (χ1n) is 5.68. The fraction of sp³-hybridized carbons (Fsp3) is 0. The van der Waals surface area contributed by atoms with E-state index in [1.165, 1.54) is 11.3 Å². The molecule has 4 nitrogen and oxygen atoms in total. The number of ether oxygens (including phenoxy) is 1. The summed E-state index contributed by atoms with van der Waals surface area (Å²) >= 11 is 4.56. The Balaban J connectivity index is 2.05. The molecule has 0 amide bonds. The van der Waals surface area contributed by atoms with E-state index in [1.54, 1.807) is 18.5 Å². The van der Waals surface area contributed by atoms with Crippen LogP contribution in [0.3, 0.4) is 0 Å². The van der Waals surface area contributed by atoms with E-state index in [0.717, 1.165) is 14.6 Å². The van der Waals surface area contributed by atoms with Crippen molar-refractivity contribution in [3.8, 4) is 11.5 Å². The average molecular weight is 350 g/mol. The van der Waals surface area contributed by atoms with E-state index in [1.807, 2.05) is 24.3 Å². The van der Waals surface area contributed by atoms with Crippen molar-refractivity contribution < 1.29 is 14.6 Å². The van der Waals surface area contributed by atoms with E-state index in [0.29, 0.717) is 11.5 Å². The predicted molar refractivity (Wildman–Crippen MR) is 80.8 cm³/mol. The lowest BCUT2D eigenvalue weighted by molar-refractivity contribution is 0.0702. The van der Waals surface area contributed by atoms with Gasteiger partial charge >= 0.3 is 5.97 Å². The van der Waals surface area contributed by atoms with Crippen molar-refractivity contribution in [2.45, 2.75) is 0 Å². The molecule has 0 saturated carbocycles. The zero-order valence-corrected chi connectivity index (χ0v) is 12.4. The summed E-state index contributed by atoms with van der Waals surface area (Å²) in [4.78, 5) is 15.4. The molecule has 0 unspecified atom stereocenters. The number of carbonyl (C=O) groups is 1. The monoisotopic (exact) mass is 349 g/mol. The fourth-order valence-electron chi connectivity index (χ4n) is 1.78. The van der Waals surface area contributed by atoms with Gasteiger partial charge in [0.25, 0.3) is 0 Å². The van der Waals surface area contributed by atoms with Gasteiger partial charge in [0.15, 0.2) is 5.75 Å². The van der Waals surface area contributed by atoms with Gasteiger partial charge < -0.3 is 9.84 Å². The Hall–Kier alpha value is -1.92. The molecule has 0 fully saturated rings. The first kappa shape index (κ1) is 13.1. The molecule has 100 valence electrons. The smallest absolute Gasteiger partial charge is 0.345 e. The van der Waals surface area contributed by atoms with E-state index >= 15 is 0 Å². The number of pyridine rings is 1. The molecule has 0 aliphatic carbocycles. The Morgan fingerprint density at radius 2 is 2.15 bits per heavy atom. The molecule has 1 aromatic carbocycles. The number of fused-ring (bicyclic) bond motifs is 1. The number of thiophene rings is 1. The van der Waals surface area contributed by atoms with Crippen molar-refractivity contribution in [2.75, 3.05) is 0 Å². The second-order valence-electron chi connectivity index (χ2n) is 4.02. The Labute approximate surface area is 126 Å².